The Morgan fingerprint density at radius 1 is 0.837 bits per heavy atom. The molecule has 2 atom stereocenters. The third-order valence-corrected chi connectivity index (χ3v) is 10.6. The van der Waals surface area contributed by atoms with Crippen molar-refractivity contribution in [3.63, 3.8) is 0 Å². The summed E-state index contributed by atoms with van der Waals surface area (Å²) in [5.74, 6) is 1.95. The molecule has 2 aliphatic carbocycles. The van der Waals surface area contributed by atoms with Crippen molar-refractivity contribution in [2.24, 2.45) is 10.8 Å². The average molecular weight is 573 g/mol. The molecule has 3 fully saturated rings. The summed E-state index contributed by atoms with van der Waals surface area (Å²) in [6.45, 7) is 12.8. The Balaban J connectivity index is 0.989. The lowest BCUT2D eigenvalue weighted by Crippen LogP contribution is -2.32. The molecule has 0 unspecified atom stereocenters. The second-order valence-corrected chi connectivity index (χ2v) is 13.2. The molecule has 1 aliphatic heterocycles. The monoisotopic (exact) mass is 572 g/mol. The number of imidazole rings is 2. The van der Waals surface area contributed by atoms with Crippen molar-refractivity contribution in [2.45, 2.75) is 70.4 Å². The third-order valence-electron chi connectivity index (χ3n) is 10.6. The highest BCUT2D eigenvalue weighted by molar-refractivity contribution is 5.71. The van der Waals surface area contributed by atoms with Crippen LogP contribution in [0.5, 0.6) is 0 Å². The largest absolute Gasteiger partial charge is 0.341 e. The van der Waals surface area contributed by atoms with Gasteiger partial charge in [-0.2, -0.15) is 0 Å². The SMILES string of the molecule is C=CC1(CN[C@@H](C)c2ncc(-c3ccc(-c4ccc(-c5cnc([C@H]6NCC7(CCCC7)C6=C)[nH]5)cc4)cc3)[nH]2)CCCC1. The van der Waals surface area contributed by atoms with Gasteiger partial charge in [-0.25, -0.2) is 9.97 Å². The lowest BCUT2D eigenvalue weighted by Gasteiger charge is -2.26. The fraction of sp³-hybridized carbons (Fsp3) is 0.405. The van der Waals surface area contributed by atoms with Crippen LogP contribution in [0.3, 0.4) is 0 Å². The molecule has 0 amide bonds. The summed E-state index contributed by atoms with van der Waals surface area (Å²) in [5, 5.41) is 7.38. The predicted molar refractivity (Wildman–Crippen MR) is 175 cm³/mol. The zero-order chi connectivity index (χ0) is 29.4. The van der Waals surface area contributed by atoms with E-state index < -0.39 is 0 Å². The van der Waals surface area contributed by atoms with E-state index in [9.17, 15) is 0 Å². The van der Waals surface area contributed by atoms with Gasteiger partial charge in [-0.05, 0) is 60.4 Å². The van der Waals surface area contributed by atoms with E-state index in [1.165, 1.54) is 68.1 Å². The van der Waals surface area contributed by atoms with Crippen molar-refractivity contribution in [1.82, 2.24) is 30.6 Å². The normalized spacial score (nSPS) is 21.5. The van der Waals surface area contributed by atoms with Gasteiger partial charge in [0.1, 0.15) is 11.6 Å². The Labute approximate surface area is 255 Å². The van der Waals surface area contributed by atoms with Gasteiger partial charge >= 0.3 is 0 Å². The van der Waals surface area contributed by atoms with Crippen LogP contribution in [0.2, 0.25) is 0 Å². The fourth-order valence-electron chi connectivity index (χ4n) is 7.65. The summed E-state index contributed by atoms with van der Waals surface area (Å²) >= 11 is 0. The molecule has 43 heavy (non-hydrogen) atoms. The zero-order valence-corrected chi connectivity index (χ0v) is 25.4. The van der Waals surface area contributed by atoms with Gasteiger partial charge in [0.25, 0.3) is 0 Å². The lowest BCUT2D eigenvalue weighted by molar-refractivity contribution is 0.346. The smallest absolute Gasteiger partial charge is 0.127 e. The van der Waals surface area contributed by atoms with Crippen LogP contribution in [0.4, 0.5) is 0 Å². The van der Waals surface area contributed by atoms with Gasteiger partial charge in [-0.1, -0.05) is 86.9 Å². The Hall–Kier alpha value is -3.74. The number of aromatic amines is 2. The first kappa shape index (κ1) is 28.1. The summed E-state index contributed by atoms with van der Waals surface area (Å²) in [6.07, 6.45) is 16.2. The quantitative estimate of drug-likeness (QED) is 0.152. The number of H-pyrrole nitrogens is 2. The molecule has 3 heterocycles. The predicted octanol–water partition coefficient (Wildman–Crippen LogP) is 8.29. The van der Waals surface area contributed by atoms with Crippen LogP contribution in [-0.4, -0.2) is 33.0 Å². The van der Waals surface area contributed by atoms with Crippen molar-refractivity contribution in [2.75, 3.05) is 13.1 Å². The topological polar surface area (TPSA) is 81.4 Å². The van der Waals surface area contributed by atoms with Crippen LogP contribution >= 0.6 is 0 Å². The molecule has 2 aromatic heterocycles. The zero-order valence-electron chi connectivity index (χ0n) is 25.4. The standard InChI is InChI=1S/C37H44N6/c1-4-36(17-5-6-18-36)23-40-26(3)34-38-21-31(42-34)29-13-9-27(10-14-29)28-11-15-30(16-12-28)32-22-39-35(43-32)33-25(2)37(24-41-33)19-7-8-20-37/h4,9-16,21-22,26,33,40-41H,1-2,5-8,17-20,23-24H2,3H3,(H,38,42)(H,39,43)/t26-,33-/m0/s1. The maximum absolute atomic E-state index is 4.75. The Morgan fingerprint density at radius 2 is 1.40 bits per heavy atom. The van der Waals surface area contributed by atoms with Crippen LogP contribution in [0.15, 0.2) is 85.7 Å². The highest BCUT2D eigenvalue weighted by Gasteiger charge is 2.45. The van der Waals surface area contributed by atoms with Gasteiger partial charge in [0.05, 0.1) is 35.9 Å². The molecule has 3 aliphatic rings. The highest BCUT2D eigenvalue weighted by atomic mass is 15.1. The number of benzene rings is 2. The van der Waals surface area contributed by atoms with Crippen LogP contribution in [0.25, 0.3) is 33.6 Å². The van der Waals surface area contributed by atoms with Crippen molar-refractivity contribution < 1.29 is 0 Å². The second kappa shape index (κ2) is 11.4. The minimum atomic E-state index is 0.122. The molecular weight excluding hydrogens is 528 g/mol. The molecule has 6 nitrogen and oxygen atoms in total. The van der Waals surface area contributed by atoms with Crippen LogP contribution in [0, 0.1) is 10.8 Å². The first-order valence-electron chi connectivity index (χ1n) is 16.1. The molecule has 4 aromatic rings. The van der Waals surface area contributed by atoms with E-state index in [0.29, 0.717) is 0 Å². The summed E-state index contributed by atoms with van der Waals surface area (Å²) in [7, 11) is 0. The van der Waals surface area contributed by atoms with Crippen molar-refractivity contribution in [3.05, 3.63) is 97.4 Å². The number of nitrogens with zero attached hydrogens (tertiary/aromatic N) is 2. The molecule has 7 rings (SSSR count). The van der Waals surface area contributed by atoms with E-state index in [1.807, 2.05) is 12.4 Å². The minimum absolute atomic E-state index is 0.122. The minimum Gasteiger partial charge on any atom is -0.341 e. The van der Waals surface area contributed by atoms with Gasteiger partial charge in [-0.15, -0.1) is 6.58 Å². The van der Waals surface area contributed by atoms with E-state index in [1.54, 1.807) is 0 Å². The number of aromatic nitrogens is 4. The van der Waals surface area contributed by atoms with Gasteiger partial charge in [0.2, 0.25) is 0 Å². The fourth-order valence-corrected chi connectivity index (χ4v) is 7.65. The molecule has 1 spiro atoms. The van der Waals surface area contributed by atoms with Gasteiger partial charge in [-0.3, -0.25) is 0 Å². The summed E-state index contributed by atoms with van der Waals surface area (Å²) in [6, 6.07) is 17.7. The Morgan fingerprint density at radius 3 is 2.02 bits per heavy atom. The number of hydrogen-bond acceptors (Lipinski definition) is 4. The van der Waals surface area contributed by atoms with Gasteiger partial charge < -0.3 is 20.6 Å². The van der Waals surface area contributed by atoms with E-state index in [2.05, 4.69) is 95.3 Å². The van der Waals surface area contributed by atoms with Crippen LogP contribution in [0.1, 0.15) is 82.0 Å². The Kier molecular flexibility index (Phi) is 7.44. The van der Waals surface area contributed by atoms with Crippen molar-refractivity contribution in [3.8, 4) is 33.6 Å². The molecule has 4 N–H and O–H groups in total. The maximum Gasteiger partial charge on any atom is 0.127 e. The second-order valence-electron chi connectivity index (χ2n) is 13.2. The maximum atomic E-state index is 4.75. The molecule has 6 heteroatoms. The molecule has 0 bridgehead atoms. The van der Waals surface area contributed by atoms with Gasteiger partial charge in [0.15, 0.2) is 0 Å². The number of nitrogens with one attached hydrogen (secondary N) is 4. The highest BCUT2D eigenvalue weighted by Crippen LogP contribution is 2.51. The van der Waals surface area contributed by atoms with E-state index in [4.69, 9.17) is 9.97 Å². The van der Waals surface area contributed by atoms with E-state index >= 15 is 0 Å². The average Bonchev–Trinajstić information content (AvgIpc) is 3.89. The summed E-state index contributed by atoms with van der Waals surface area (Å²) in [5.41, 5.74) is 8.55. The molecule has 1 saturated heterocycles. The van der Waals surface area contributed by atoms with Gasteiger partial charge in [0, 0.05) is 23.9 Å². The van der Waals surface area contributed by atoms with Crippen LogP contribution < -0.4 is 10.6 Å². The first-order valence-corrected chi connectivity index (χ1v) is 16.1. The molecule has 2 saturated carbocycles. The first-order chi connectivity index (χ1) is 21.0. The number of rotatable bonds is 9. The molecule has 2 aromatic carbocycles. The molecule has 0 radical (unpaired) electrons. The summed E-state index contributed by atoms with van der Waals surface area (Å²) in [4.78, 5) is 16.6. The Bertz CT molecular complexity index is 1580. The lowest BCUT2D eigenvalue weighted by atomic mass is 9.80. The third kappa shape index (κ3) is 5.32. The van der Waals surface area contributed by atoms with Crippen LogP contribution in [-0.2, 0) is 0 Å². The van der Waals surface area contributed by atoms with Crippen molar-refractivity contribution >= 4 is 0 Å². The van der Waals surface area contributed by atoms with E-state index in [0.717, 1.165) is 47.3 Å². The van der Waals surface area contributed by atoms with E-state index in [-0.39, 0.29) is 22.9 Å². The number of hydrogen-bond donors (Lipinski definition) is 4. The summed E-state index contributed by atoms with van der Waals surface area (Å²) < 4.78 is 0. The molecule has 222 valence electrons. The van der Waals surface area contributed by atoms with Crippen molar-refractivity contribution in [1.29, 1.82) is 0 Å². The molecular formula is C37H44N6.